The molecule has 5 heteroatoms. The van der Waals surface area contributed by atoms with Gasteiger partial charge in [0.15, 0.2) is 0 Å². The summed E-state index contributed by atoms with van der Waals surface area (Å²) in [5, 5.41) is 7.00. The molecular formula is C16H22N2O2S. The smallest absolute Gasteiger partial charge is 0.227 e. The standard InChI is InChI=1S/C16H22N2O2S/c1-5-10(2)11(3)17-15(19)8-14-12(4)20-16(18-14)13-6-7-21-9-13/h6-7,9-11H,5,8H2,1-4H3,(H,17,19)/t10-,11-/m1/s1. The normalized spacial score (nSPS) is 13.9. The average molecular weight is 306 g/mol. The Bertz CT molecular complexity index is 589. The monoisotopic (exact) mass is 306 g/mol. The lowest BCUT2D eigenvalue weighted by molar-refractivity contribution is -0.121. The summed E-state index contributed by atoms with van der Waals surface area (Å²) in [6.07, 6.45) is 1.31. The second-order valence-electron chi connectivity index (χ2n) is 5.45. The average Bonchev–Trinajstić information content (AvgIpc) is 3.08. The van der Waals surface area contributed by atoms with Gasteiger partial charge in [0.25, 0.3) is 0 Å². The van der Waals surface area contributed by atoms with Crippen molar-refractivity contribution in [2.45, 2.75) is 46.6 Å². The topological polar surface area (TPSA) is 55.1 Å². The lowest BCUT2D eigenvalue weighted by Gasteiger charge is -2.19. The summed E-state index contributed by atoms with van der Waals surface area (Å²) in [6, 6.07) is 2.14. The van der Waals surface area contributed by atoms with Crippen LogP contribution < -0.4 is 5.32 Å². The Morgan fingerprint density at radius 2 is 2.24 bits per heavy atom. The first-order valence-corrected chi connectivity index (χ1v) is 8.23. The molecule has 2 atom stereocenters. The Morgan fingerprint density at radius 3 is 2.86 bits per heavy atom. The summed E-state index contributed by atoms with van der Waals surface area (Å²) < 4.78 is 5.65. The minimum atomic E-state index is -0.00364. The third-order valence-electron chi connectivity index (χ3n) is 3.87. The Morgan fingerprint density at radius 1 is 1.48 bits per heavy atom. The van der Waals surface area contributed by atoms with Crippen molar-refractivity contribution in [2.24, 2.45) is 5.92 Å². The van der Waals surface area contributed by atoms with Crippen molar-refractivity contribution in [1.82, 2.24) is 10.3 Å². The number of hydrogen-bond acceptors (Lipinski definition) is 4. The molecule has 1 amide bonds. The van der Waals surface area contributed by atoms with Crippen LogP contribution in [0, 0.1) is 12.8 Å². The molecule has 114 valence electrons. The molecule has 0 aliphatic heterocycles. The molecule has 2 aromatic rings. The van der Waals surface area contributed by atoms with Gasteiger partial charge in [-0.15, -0.1) is 0 Å². The van der Waals surface area contributed by atoms with Gasteiger partial charge in [-0.25, -0.2) is 4.98 Å². The van der Waals surface area contributed by atoms with Crippen molar-refractivity contribution in [1.29, 1.82) is 0 Å². The summed E-state index contributed by atoms with van der Waals surface area (Å²) in [6.45, 7) is 8.16. The van der Waals surface area contributed by atoms with Crippen molar-refractivity contribution in [3.63, 3.8) is 0 Å². The number of carbonyl (C=O) groups excluding carboxylic acids is 1. The van der Waals surface area contributed by atoms with Crippen LogP contribution in [0.5, 0.6) is 0 Å². The molecule has 0 spiro atoms. The van der Waals surface area contributed by atoms with Crippen LogP contribution in [0.2, 0.25) is 0 Å². The van der Waals surface area contributed by atoms with Crippen LogP contribution in [-0.2, 0) is 11.2 Å². The second-order valence-corrected chi connectivity index (χ2v) is 6.23. The van der Waals surface area contributed by atoms with E-state index in [1.165, 1.54) is 0 Å². The van der Waals surface area contributed by atoms with E-state index in [0.717, 1.165) is 12.0 Å². The minimum Gasteiger partial charge on any atom is -0.441 e. The zero-order chi connectivity index (χ0) is 15.4. The first-order valence-electron chi connectivity index (χ1n) is 7.29. The van der Waals surface area contributed by atoms with Crippen LogP contribution in [0.3, 0.4) is 0 Å². The van der Waals surface area contributed by atoms with Gasteiger partial charge in [0.2, 0.25) is 11.8 Å². The van der Waals surface area contributed by atoms with Gasteiger partial charge in [-0.3, -0.25) is 4.79 Å². The molecule has 0 saturated carbocycles. The largest absolute Gasteiger partial charge is 0.441 e. The lowest BCUT2D eigenvalue weighted by Crippen LogP contribution is -2.37. The molecule has 0 fully saturated rings. The fourth-order valence-corrected chi connectivity index (χ4v) is 2.68. The number of nitrogens with zero attached hydrogens (tertiary/aromatic N) is 1. The molecule has 4 nitrogen and oxygen atoms in total. The molecular weight excluding hydrogens is 284 g/mol. The van der Waals surface area contributed by atoms with Crippen LogP contribution in [0.25, 0.3) is 11.5 Å². The van der Waals surface area contributed by atoms with Crippen LogP contribution >= 0.6 is 11.3 Å². The van der Waals surface area contributed by atoms with E-state index in [1.807, 2.05) is 30.7 Å². The first-order chi connectivity index (χ1) is 10.0. The molecule has 2 aromatic heterocycles. The third kappa shape index (κ3) is 3.94. The fourth-order valence-electron chi connectivity index (χ4n) is 2.05. The number of aryl methyl sites for hydroxylation is 1. The number of hydrogen-bond donors (Lipinski definition) is 1. The van der Waals surface area contributed by atoms with Gasteiger partial charge in [0.1, 0.15) is 5.76 Å². The molecule has 21 heavy (non-hydrogen) atoms. The summed E-state index contributed by atoms with van der Waals surface area (Å²) in [5.74, 6) is 1.76. The van der Waals surface area contributed by atoms with Gasteiger partial charge in [-0.2, -0.15) is 11.3 Å². The van der Waals surface area contributed by atoms with E-state index < -0.39 is 0 Å². The van der Waals surface area contributed by atoms with Crippen molar-refractivity contribution in [2.75, 3.05) is 0 Å². The Labute approximate surface area is 129 Å². The predicted octanol–water partition coefficient (Wildman–Crippen LogP) is 3.80. The molecule has 0 aliphatic rings. The van der Waals surface area contributed by atoms with E-state index in [4.69, 9.17) is 4.42 Å². The molecule has 0 saturated heterocycles. The summed E-state index contributed by atoms with van der Waals surface area (Å²) >= 11 is 1.60. The number of rotatable bonds is 6. The second kappa shape index (κ2) is 6.89. The summed E-state index contributed by atoms with van der Waals surface area (Å²) in [5.41, 5.74) is 1.67. The van der Waals surface area contributed by atoms with Gasteiger partial charge < -0.3 is 9.73 Å². The maximum absolute atomic E-state index is 12.1. The Balaban J connectivity index is 2.01. The van der Waals surface area contributed by atoms with Crippen molar-refractivity contribution < 1.29 is 9.21 Å². The van der Waals surface area contributed by atoms with Crippen molar-refractivity contribution in [3.05, 3.63) is 28.3 Å². The zero-order valence-corrected chi connectivity index (χ0v) is 13.8. The minimum absolute atomic E-state index is 0.00364. The van der Waals surface area contributed by atoms with Crippen LogP contribution in [0.15, 0.2) is 21.2 Å². The lowest BCUT2D eigenvalue weighted by atomic mass is 10.0. The van der Waals surface area contributed by atoms with Gasteiger partial charge >= 0.3 is 0 Å². The Kier molecular flexibility index (Phi) is 5.17. The van der Waals surface area contributed by atoms with Gasteiger partial charge in [-0.05, 0) is 31.2 Å². The highest BCUT2D eigenvalue weighted by atomic mass is 32.1. The summed E-state index contributed by atoms with van der Waals surface area (Å²) in [4.78, 5) is 16.5. The number of nitrogens with one attached hydrogen (secondary N) is 1. The Hall–Kier alpha value is -1.62. The molecule has 0 aromatic carbocycles. The SMILES string of the molecule is CC[C@@H](C)[C@@H](C)NC(=O)Cc1nc(-c2ccsc2)oc1C. The molecule has 0 bridgehead atoms. The number of carbonyl (C=O) groups is 1. The number of oxazole rings is 1. The van der Waals surface area contributed by atoms with E-state index in [1.54, 1.807) is 11.3 Å². The maximum atomic E-state index is 12.1. The van der Waals surface area contributed by atoms with Crippen LogP contribution in [0.4, 0.5) is 0 Å². The van der Waals surface area contributed by atoms with Crippen molar-refractivity contribution in [3.8, 4) is 11.5 Å². The molecule has 2 heterocycles. The van der Waals surface area contributed by atoms with Gasteiger partial charge in [-0.1, -0.05) is 20.3 Å². The van der Waals surface area contributed by atoms with E-state index in [0.29, 0.717) is 23.3 Å². The molecule has 0 aliphatic carbocycles. The van der Waals surface area contributed by atoms with E-state index in [9.17, 15) is 4.79 Å². The number of aromatic nitrogens is 1. The first kappa shape index (κ1) is 15.8. The van der Waals surface area contributed by atoms with Gasteiger partial charge in [0.05, 0.1) is 12.1 Å². The highest BCUT2D eigenvalue weighted by Crippen LogP contribution is 2.24. The van der Waals surface area contributed by atoms with E-state index in [2.05, 4.69) is 24.1 Å². The van der Waals surface area contributed by atoms with Gasteiger partial charge in [0, 0.05) is 17.0 Å². The molecule has 0 unspecified atom stereocenters. The highest BCUT2D eigenvalue weighted by molar-refractivity contribution is 7.08. The number of amides is 1. The quantitative estimate of drug-likeness (QED) is 0.883. The van der Waals surface area contributed by atoms with E-state index >= 15 is 0 Å². The summed E-state index contributed by atoms with van der Waals surface area (Å²) in [7, 11) is 0. The molecule has 1 N–H and O–H groups in total. The molecule has 0 radical (unpaired) electrons. The van der Waals surface area contributed by atoms with Crippen LogP contribution in [0.1, 0.15) is 38.6 Å². The van der Waals surface area contributed by atoms with Crippen LogP contribution in [-0.4, -0.2) is 16.9 Å². The predicted molar refractivity (Wildman–Crippen MR) is 85.3 cm³/mol. The third-order valence-corrected chi connectivity index (χ3v) is 4.56. The maximum Gasteiger partial charge on any atom is 0.227 e. The number of thiophene rings is 1. The fraction of sp³-hybridized carbons (Fsp3) is 0.500. The molecule has 2 rings (SSSR count). The zero-order valence-electron chi connectivity index (χ0n) is 13.0. The van der Waals surface area contributed by atoms with E-state index in [-0.39, 0.29) is 18.4 Å². The highest BCUT2D eigenvalue weighted by Gasteiger charge is 2.17. The van der Waals surface area contributed by atoms with Crippen molar-refractivity contribution >= 4 is 17.2 Å².